The summed E-state index contributed by atoms with van der Waals surface area (Å²) < 4.78 is 0. The standard InChI is InChI=1S/C70H97N17O17S2/c1-38(90)56(67(101)82-51(31-42-21-10-5-11-22-42)64(98)87-57(39(2)91)68(102)84-54(35-89)66(100)85-55(37-106)69(103)104)86-60(94)47(25-14-15-27-71)78-63(97)52(32-43-33-76-46-24-13-12-23-44(43)46)81-62(96)49(29-40-17-6-3-7-18-40)79-61(95)50(30-41-19-8-4-9-20-41)80-65(99)53(34-88)83-59(93)48(26-16-28-75-70(73)74)77-58(92)45(72)36-105/h3-13,17-24,33,38-39,45,47-57,76,88-91,105-106H,14-16,25-32,34-37,71-72H2,1-2H3,(H,77,92)(H,78,97)(H,79,95)(H,80,99)(H,81,96)(H,82,101)(H,83,93)(H,84,102)(H,85,100)(H,86,94)(H,87,98)(H,103,104)(H4,73,74,75)/t38?,39?,45-,47-,48-,49-,50-,51-,52+,53+,54-,55-,56-,57-/m0/s1. The molecule has 0 fully saturated rings. The average molecular weight is 1510 g/mol. The molecule has 2 unspecified atom stereocenters. The molecule has 0 aliphatic heterocycles. The number of aromatic nitrogens is 1. The highest BCUT2D eigenvalue weighted by Crippen LogP contribution is 2.21. The first-order valence-corrected chi connectivity index (χ1v) is 35.4. The van der Waals surface area contributed by atoms with Crippen LogP contribution in [-0.2, 0) is 83.2 Å². The van der Waals surface area contributed by atoms with E-state index in [2.05, 4.69) is 94.0 Å². The van der Waals surface area contributed by atoms with Crippen LogP contribution >= 0.6 is 25.3 Å². The van der Waals surface area contributed by atoms with Crippen LogP contribution in [0.3, 0.4) is 0 Å². The number of hydrogen-bond acceptors (Lipinski definition) is 21. The third kappa shape index (κ3) is 28.0. The van der Waals surface area contributed by atoms with E-state index in [9.17, 15) is 73.5 Å². The minimum Gasteiger partial charge on any atom is -0.480 e. The van der Waals surface area contributed by atoms with E-state index in [1.165, 1.54) is 0 Å². The van der Waals surface area contributed by atoms with Crippen molar-refractivity contribution in [2.24, 2.45) is 17.2 Å². The van der Waals surface area contributed by atoms with Gasteiger partial charge in [0.2, 0.25) is 65.0 Å². The SMILES string of the molecule is CC(O)[C@H](NC(=O)[C@H](Cc1ccccc1)NC(=O)[C@@H](NC(=O)[C@H](CCCCN)NC(=O)[C@@H](Cc1c[nH]c2ccccc12)NC(=O)[C@H](Cc1ccccc1)NC(=O)[C@H](Cc1ccccc1)NC(=O)[C@@H](CO)NC(=O)[C@H](CCCNC(=N)N)NC(=O)[C@@H](N)CS)C(C)O)C(=O)N[C@@H](CO)C(=O)N[C@@H](CS)C(=O)O. The van der Waals surface area contributed by atoms with Gasteiger partial charge in [-0.15, -0.1) is 0 Å². The van der Waals surface area contributed by atoms with Gasteiger partial charge in [0, 0.05) is 60.8 Å². The third-order valence-corrected chi connectivity index (χ3v) is 17.5. The zero-order valence-corrected chi connectivity index (χ0v) is 60.3. The summed E-state index contributed by atoms with van der Waals surface area (Å²) >= 11 is 7.95. The fourth-order valence-electron chi connectivity index (χ4n) is 10.9. The predicted octanol–water partition coefficient (Wildman–Crippen LogP) is -4.82. The molecule has 0 bridgehead atoms. The van der Waals surface area contributed by atoms with E-state index in [0.717, 1.165) is 13.8 Å². The number of aromatic amines is 1. The zero-order valence-electron chi connectivity index (χ0n) is 58.5. The Hall–Kier alpha value is -10.2. The summed E-state index contributed by atoms with van der Waals surface area (Å²) in [4.78, 5) is 171. The van der Waals surface area contributed by atoms with E-state index in [4.69, 9.17) is 22.6 Å². The topological polar surface area (TPSA) is 568 Å². The van der Waals surface area contributed by atoms with E-state index >= 15 is 9.59 Å². The number of benzene rings is 4. The van der Waals surface area contributed by atoms with Gasteiger partial charge in [0.15, 0.2) is 5.96 Å². The molecular formula is C70H97N17O17S2. The zero-order chi connectivity index (χ0) is 78.0. The van der Waals surface area contributed by atoms with Gasteiger partial charge in [0.1, 0.15) is 66.5 Å². The van der Waals surface area contributed by atoms with Crippen LogP contribution in [0.1, 0.15) is 68.2 Å². The number of aliphatic hydroxyl groups is 4. The molecule has 36 heteroatoms. The molecule has 0 aliphatic carbocycles. The van der Waals surface area contributed by atoms with Crippen molar-refractivity contribution in [3.05, 3.63) is 144 Å². The molecule has 0 spiro atoms. The number of H-pyrrole nitrogens is 1. The van der Waals surface area contributed by atoms with Crippen LogP contribution in [0.2, 0.25) is 0 Å². The van der Waals surface area contributed by atoms with Crippen molar-refractivity contribution in [1.29, 1.82) is 5.41 Å². The van der Waals surface area contributed by atoms with E-state index in [1.54, 1.807) is 121 Å². The number of carboxylic acids is 1. The highest BCUT2D eigenvalue weighted by Gasteiger charge is 2.39. The number of nitrogens with two attached hydrogens (primary N) is 3. The number of para-hydroxylation sites is 1. The molecule has 1 aromatic heterocycles. The Morgan fingerprint density at radius 1 is 0.443 bits per heavy atom. The van der Waals surface area contributed by atoms with E-state index < -0.39 is 169 Å². The van der Waals surface area contributed by atoms with Gasteiger partial charge in [-0.3, -0.25) is 58.1 Å². The lowest BCUT2D eigenvalue weighted by atomic mass is 10.00. The smallest absolute Gasteiger partial charge is 0.327 e. The Bertz CT molecular complexity index is 3750. The first-order chi connectivity index (χ1) is 50.6. The molecular weight excluding hydrogens is 1420 g/mol. The molecule has 11 amide bonds. The first kappa shape index (κ1) is 86.4. The summed E-state index contributed by atoms with van der Waals surface area (Å²) in [5.74, 6) is -13.5. The van der Waals surface area contributed by atoms with Gasteiger partial charge in [0.05, 0.1) is 31.5 Å². The summed E-state index contributed by atoms with van der Waals surface area (Å²) in [7, 11) is 0. The van der Waals surface area contributed by atoms with Crippen molar-refractivity contribution in [1.82, 2.24) is 68.8 Å². The molecule has 0 saturated heterocycles. The Balaban J connectivity index is 1.46. The molecule has 106 heavy (non-hydrogen) atoms. The maximum Gasteiger partial charge on any atom is 0.327 e. The van der Waals surface area contributed by atoms with Crippen molar-refractivity contribution in [3.8, 4) is 0 Å². The van der Waals surface area contributed by atoms with E-state index in [0.29, 0.717) is 39.6 Å². The molecule has 34 nitrogen and oxygen atoms in total. The molecule has 0 aliphatic rings. The third-order valence-electron chi connectivity index (χ3n) is 16.8. The highest BCUT2D eigenvalue weighted by molar-refractivity contribution is 7.80. The van der Waals surface area contributed by atoms with Crippen LogP contribution in [0.15, 0.2) is 121 Å². The number of rotatable bonds is 45. The number of nitrogens with one attached hydrogen (secondary N) is 14. The van der Waals surface area contributed by atoms with E-state index in [-0.39, 0.29) is 81.9 Å². The predicted molar refractivity (Wildman–Crippen MR) is 397 cm³/mol. The number of aliphatic carboxylic acids is 1. The number of amides is 11. The Morgan fingerprint density at radius 3 is 1.21 bits per heavy atom. The van der Waals surface area contributed by atoms with Crippen LogP contribution in [0.25, 0.3) is 10.9 Å². The lowest BCUT2D eigenvalue weighted by Gasteiger charge is -2.29. The number of hydrogen-bond donors (Lipinski definition) is 24. The van der Waals surface area contributed by atoms with Crippen molar-refractivity contribution >= 4 is 113 Å². The second-order valence-electron chi connectivity index (χ2n) is 25.1. The Kier molecular flexibility index (Phi) is 36.3. The number of unbranched alkanes of at least 4 members (excludes halogenated alkanes) is 1. The van der Waals surface area contributed by atoms with Gasteiger partial charge in [-0.25, -0.2) is 4.79 Å². The maximum atomic E-state index is 15.2. The largest absolute Gasteiger partial charge is 0.480 e. The summed E-state index contributed by atoms with van der Waals surface area (Å²) in [5, 5.41) is 90.1. The van der Waals surface area contributed by atoms with Crippen LogP contribution in [0.4, 0.5) is 0 Å². The molecule has 5 aromatic rings. The average Bonchev–Trinajstić information content (AvgIpc) is 1.69. The minimum atomic E-state index is -1.89. The number of carbonyl (C=O) groups excluding carboxylic acids is 11. The number of aliphatic hydroxyl groups excluding tert-OH is 4. The summed E-state index contributed by atoms with van der Waals surface area (Å²) in [6, 6.07) is 12.9. The number of fused-ring (bicyclic) bond motifs is 1. The quantitative estimate of drug-likeness (QED) is 0.00752. The first-order valence-electron chi connectivity index (χ1n) is 34.2. The van der Waals surface area contributed by atoms with Gasteiger partial charge in [-0.05, 0) is 80.8 Å². The van der Waals surface area contributed by atoms with Crippen LogP contribution < -0.4 is 81.0 Å². The highest BCUT2D eigenvalue weighted by atomic mass is 32.1. The molecule has 0 radical (unpaired) electrons. The second-order valence-corrected chi connectivity index (χ2v) is 25.8. The Labute approximate surface area is 622 Å². The van der Waals surface area contributed by atoms with Gasteiger partial charge in [0.25, 0.3) is 0 Å². The fraction of sp³-hybridized carbons (Fsp3) is 0.443. The van der Waals surface area contributed by atoms with Crippen molar-refractivity contribution in [3.63, 3.8) is 0 Å². The van der Waals surface area contributed by atoms with Gasteiger partial charge >= 0.3 is 5.97 Å². The van der Waals surface area contributed by atoms with Gasteiger partial charge in [-0.1, -0.05) is 109 Å². The lowest BCUT2D eigenvalue weighted by Crippen LogP contribution is -2.63. The number of carbonyl (C=O) groups is 12. The van der Waals surface area contributed by atoms with Gasteiger partial charge < -0.3 is 112 Å². The van der Waals surface area contributed by atoms with Crippen molar-refractivity contribution in [2.75, 3.05) is 37.8 Å². The maximum absolute atomic E-state index is 15.2. The monoisotopic (exact) mass is 1510 g/mol. The summed E-state index contributed by atoms with van der Waals surface area (Å²) in [5.41, 5.74) is 19.8. The summed E-state index contributed by atoms with van der Waals surface area (Å²) in [6.45, 7) is 0.476. The Morgan fingerprint density at radius 2 is 0.792 bits per heavy atom. The molecule has 5 rings (SSSR count). The fourth-order valence-corrected chi connectivity index (χ4v) is 11.3. The summed E-state index contributed by atoms with van der Waals surface area (Å²) in [6.07, 6.45) is -2.29. The van der Waals surface area contributed by atoms with Crippen molar-refractivity contribution in [2.45, 2.75) is 156 Å². The second kappa shape index (κ2) is 44.6. The molecule has 0 saturated carbocycles. The molecule has 1 heterocycles. The minimum absolute atomic E-state index is 0.0498. The number of carboxylic acid groups (broad SMARTS) is 1. The normalized spacial score (nSPS) is 15.1. The number of guanidine groups is 1. The van der Waals surface area contributed by atoms with Crippen LogP contribution in [0, 0.1) is 5.41 Å². The van der Waals surface area contributed by atoms with Gasteiger partial charge in [-0.2, -0.15) is 25.3 Å². The molecule has 25 N–H and O–H groups in total. The number of thiol groups is 2. The molecule has 4 aromatic carbocycles. The molecule has 576 valence electrons. The van der Waals surface area contributed by atoms with Crippen LogP contribution in [0.5, 0.6) is 0 Å². The van der Waals surface area contributed by atoms with E-state index in [1.807, 2.05) is 0 Å². The van der Waals surface area contributed by atoms with Crippen molar-refractivity contribution < 1.29 is 83.1 Å². The van der Waals surface area contributed by atoms with Crippen LogP contribution in [-0.4, -0.2) is 230 Å². The lowest BCUT2D eigenvalue weighted by molar-refractivity contribution is -0.142. The molecule has 14 atom stereocenters.